The van der Waals surface area contributed by atoms with Gasteiger partial charge in [-0.2, -0.15) is 0 Å². The highest BCUT2D eigenvalue weighted by Gasteiger charge is 2.68. The molecule has 1 fully saturated rings. The Morgan fingerprint density at radius 2 is 1.96 bits per heavy atom. The van der Waals surface area contributed by atoms with Crippen LogP contribution in [0.1, 0.15) is 66.3 Å². The van der Waals surface area contributed by atoms with Crippen LogP contribution in [-0.4, -0.2) is 58.2 Å². The molecule has 8 nitrogen and oxygen atoms in total. The number of anilines is 1. The van der Waals surface area contributed by atoms with Crippen LogP contribution in [0, 0.1) is 5.82 Å². The van der Waals surface area contributed by atoms with Crippen molar-refractivity contribution in [2.75, 3.05) is 25.6 Å². The lowest BCUT2D eigenvalue weighted by Crippen LogP contribution is -2.53. The van der Waals surface area contributed by atoms with Crippen LogP contribution in [-0.2, 0) is 26.4 Å². The fourth-order valence-corrected chi connectivity index (χ4v) is 8.13. The summed E-state index contributed by atoms with van der Waals surface area (Å²) in [5.74, 6) is -1.68. The molecule has 3 aliphatic rings. The van der Waals surface area contributed by atoms with E-state index in [2.05, 4.69) is 14.8 Å². The molecule has 45 heavy (non-hydrogen) atoms. The third-order valence-corrected chi connectivity index (χ3v) is 9.92. The van der Waals surface area contributed by atoms with Crippen LogP contribution < -0.4 is 5.32 Å². The van der Waals surface area contributed by atoms with E-state index in [9.17, 15) is 9.59 Å². The third kappa shape index (κ3) is 4.58. The van der Waals surface area contributed by atoms with Crippen molar-refractivity contribution in [1.82, 2.24) is 14.5 Å². The second-order valence-corrected chi connectivity index (χ2v) is 13.7. The molecule has 3 aliphatic heterocycles. The molecule has 1 saturated heterocycles. The van der Waals surface area contributed by atoms with Gasteiger partial charge in [-0.3, -0.25) is 9.69 Å². The third-order valence-electron chi connectivity index (χ3n) is 9.39. The number of esters is 1. The Bertz CT molecular complexity index is 1870. The van der Waals surface area contributed by atoms with Gasteiger partial charge in [0.2, 0.25) is 5.91 Å². The van der Waals surface area contributed by atoms with Crippen LogP contribution >= 0.6 is 23.2 Å². The van der Waals surface area contributed by atoms with Gasteiger partial charge in [0.05, 0.1) is 40.9 Å². The summed E-state index contributed by atoms with van der Waals surface area (Å²) in [6.45, 7) is 7.37. The fraction of sp³-hybridized carbons (Fsp3) is 0.382. The maximum atomic E-state index is 16.3. The summed E-state index contributed by atoms with van der Waals surface area (Å²) < 4.78 is 29.6. The first-order valence-electron chi connectivity index (χ1n) is 15.0. The Morgan fingerprint density at radius 1 is 1.16 bits per heavy atom. The number of benzene rings is 3. The minimum Gasteiger partial charge on any atom is -0.465 e. The summed E-state index contributed by atoms with van der Waals surface area (Å²) in [6, 6.07) is 15.4. The standard InChI is InChI=1S/C34H33Cl2FN4O4/c1-33(2,3)45-15-14-41-26-12-13-40-25-11-8-18(31(42)44-4)16-24(25)38-30(40)27(26)28(20-6-5-7-22(36)29(20)37)34(41)21-10-9-19(35)17-23(21)39-32(34)43/h5-11,16-17,26-28H,12-15H2,1-4H3,(H,39,43)/t26-,27+,28-,34+/m0/s1. The van der Waals surface area contributed by atoms with E-state index in [0.29, 0.717) is 53.5 Å². The minimum atomic E-state index is -1.31. The molecular formula is C34H33Cl2FN4O4. The van der Waals surface area contributed by atoms with Crippen LogP contribution in [0.3, 0.4) is 0 Å². The van der Waals surface area contributed by atoms with E-state index in [4.69, 9.17) is 37.7 Å². The summed E-state index contributed by atoms with van der Waals surface area (Å²) >= 11 is 12.8. The van der Waals surface area contributed by atoms with Gasteiger partial charge in [0.25, 0.3) is 0 Å². The Labute approximate surface area is 270 Å². The molecular weight excluding hydrogens is 618 g/mol. The second-order valence-electron chi connectivity index (χ2n) is 12.9. The molecule has 1 spiro atoms. The molecule has 1 aromatic heterocycles. The summed E-state index contributed by atoms with van der Waals surface area (Å²) in [7, 11) is 1.34. The molecule has 0 unspecified atom stereocenters. The highest BCUT2D eigenvalue weighted by atomic mass is 35.5. The van der Waals surface area contributed by atoms with Crippen molar-refractivity contribution in [2.45, 2.75) is 62.8 Å². The first-order chi connectivity index (χ1) is 21.5. The van der Waals surface area contributed by atoms with E-state index in [1.165, 1.54) is 13.2 Å². The minimum absolute atomic E-state index is 0.0181. The van der Waals surface area contributed by atoms with Crippen LogP contribution in [0.25, 0.3) is 11.0 Å². The maximum Gasteiger partial charge on any atom is 0.337 e. The summed E-state index contributed by atoms with van der Waals surface area (Å²) in [5, 5.41) is 3.55. The van der Waals surface area contributed by atoms with Crippen molar-refractivity contribution in [2.24, 2.45) is 0 Å². The molecule has 11 heteroatoms. The normalized spacial score (nSPS) is 24.1. The maximum absolute atomic E-state index is 16.3. The zero-order chi connectivity index (χ0) is 31.8. The molecule has 0 radical (unpaired) electrons. The quantitative estimate of drug-likeness (QED) is 0.237. The number of amides is 1. The number of nitrogens with one attached hydrogen (secondary N) is 1. The lowest BCUT2D eigenvalue weighted by atomic mass is 9.70. The Kier molecular flexibility index (Phi) is 7.24. The Hall–Kier alpha value is -3.50. The summed E-state index contributed by atoms with van der Waals surface area (Å²) in [5.41, 5.74) is 1.82. The molecule has 1 N–H and O–H groups in total. The van der Waals surface area contributed by atoms with Crippen LogP contribution in [0.2, 0.25) is 10.0 Å². The van der Waals surface area contributed by atoms with Gasteiger partial charge in [-0.25, -0.2) is 14.2 Å². The van der Waals surface area contributed by atoms with E-state index in [-0.39, 0.29) is 17.0 Å². The van der Waals surface area contributed by atoms with Gasteiger partial charge in [0.15, 0.2) is 0 Å². The molecule has 0 bridgehead atoms. The predicted octanol–water partition coefficient (Wildman–Crippen LogP) is 6.89. The monoisotopic (exact) mass is 650 g/mol. The molecule has 234 valence electrons. The number of imidazole rings is 1. The molecule has 1 amide bonds. The van der Waals surface area contributed by atoms with Gasteiger partial charge in [-0.05, 0) is 69.2 Å². The smallest absolute Gasteiger partial charge is 0.337 e. The number of methoxy groups -OCH3 is 1. The molecule has 4 heterocycles. The summed E-state index contributed by atoms with van der Waals surface area (Å²) in [6.07, 6.45) is 0.675. The predicted molar refractivity (Wildman–Crippen MR) is 171 cm³/mol. The number of hydrogen-bond acceptors (Lipinski definition) is 6. The zero-order valence-electron chi connectivity index (χ0n) is 25.4. The summed E-state index contributed by atoms with van der Waals surface area (Å²) in [4.78, 5) is 34.3. The van der Waals surface area contributed by atoms with E-state index in [1.807, 2.05) is 32.9 Å². The molecule has 7 rings (SSSR count). The van der Waals surface area contributed by atoms with Gasteiger partial charge in [0, 0.05) is 47.2 Å². The van der Waals surface area contributed by atoms with Gasteiger partial charge >= 0.3 is 5.97 Å². The van der Waals surface area contributed by atoms with Crippen LogP contribution in [0.5, 0.6) is 0 Å². The van der Waals surface area contributed by atoms with Gasteiger partial charge in [-0.15, -0.1) is 0 Å². The van der Waals surface area contributed by atoms with Gasteiger partial charge in [0.1, 0.15) is 17.2 Å². The highest BCUT2D eigenvalue weighted by Crippen LogP contribution is 2.64. The van der Waals surface area contributed by atoms with E-state index in [0.717, 1.165) is 16.9 Å². The number of halogens is 3. The van der Waals surface area contributed by atoms with Gasteiger partial charge < -0.3 is 19.4 Å². The van der Waals surface area contributed by atoms with Crippen LogP contribution in [0.4, 0.5) is 10.1 Å². The first kappa shape index (κ1) is 30.2. The number of fused-ring (bicyclic) bond motifs is 7. The van der Waals surface area contributed by atoms with Crippen molar-refractivity contribution in [3.63, 3.8) is 0 Å². The fourth-order valence-electron chi connectivity index (χ4n) is 7.77. The van der Waals surface area contributed by atoms with Crippen molar-refractivity contribution in [3.05, 3.63) is 93.0 Å². The van der Waals surface area contributed by atoms with Crippen LogP contribution in [0.15, 0.2) is 54.6 Å². The number of carbonyl (C=O) groups excluding carboxylic acids is 2. The first-order valence-corrected chi connectivity index (χ1v) is 15.8. The average molecular weight is 652 g/mol. The molecule has 3 aromatic carbocycles. The Morgan fingerprint density at radius 3 is 2.71 bits per heavy atom. The number of rotatable bonds is 5. The second kappa shape index (κ2) is 10.8. The average Bonchev–Trinajstić information content (AvgIpc) is 3.61. The lowest BCUT2D eigenvalue weighted by molar-refractivity contribution is -0.129. The lowest BCUT2D eigenvalue weighted by Gasteiger charge is -2.40. The number of likely N-dealkylation sites (tertiary alicyclic amines) is 1. The largest absolute Gasteiger partial charge is 0.465 e. The molecule has 4 aromatic rings. The Balaban J connectivity index is 1.50. The van der Waals surface area contributed by atoms with E-state index < -0.39 is 34.8 Å². The number of nitrogens with zero attached hydrogens (tertiary/aromatic N) is 3. The number of hydrogen-bond donors (Lipinski definition) is 1. The molecule has 4 atom stereocenters. The number of carbonyl (C=O) groups is 2. The zero-order valence-corrected chi connectivity index (χ0v) is 26.9. The van der Waals surface area contributed by atoms with Crippen molar-refractivity contribution >= 4 is 51.8 Å². The molecule has 0 aliphatic carbocycles. The number of aryl methyl sites for hydroxylation is 1. The van der Waals surface area contributed by atoms with Crippen molar-refractivity contribution in [1.29, 1.82) is 0 Å². The molecule has 0 saturated carbocycles. The number of aromatic nitrogens is 2. The topological polar surface area (TPSA) is 85.7 Å². The van der Waals surface area contributed by atoms with Crippen molar-refractivity contribution in [3.8, 4) is 0 Å². The van der Waals surface area contributed by atoms with Crippen molar-refractivity contribution < 1.29 is 23.5 Å². The van der Waals surface area contributed by atoms with Gasteiger partial charge in [-0.1, -0.05) is 41.4 Å². The SMILES string of the molecule is COC(=O)c1ccc2c(c1)nc1n2CC[C@H]2[C@@H]1[C@H](c1cccc(Cl)c1F)[C@]1(C(=O)Nc3cc(Cl)ccc31)N2CCOC(C)(C)C. The number of ether oxygens (including phenoxy) is 2. The van der Waals surface area contributed by atoms with E-state index >= 15 is 4.39 Å². The highest BCUT2D eigenvalue weighted by molar-refractivity contribution is 6.31. The van der Waals surface area contributed by atoms with E-state index in [1.54, 1.807) is 36.4 Å².